The average molecular weight is 636 g/mol. The molecule has 44 heavy (non-hydrogen) atoms. The quantitative estimate of drug-likeness (QED) is 0.205. The first-order chi connectivity index (χ1) is 20.1. The number of ketones is 1. The van der Waals surface area contributed by atoms with Crippen molar-refractivity contribution < 1.29 is 9.90 Å². The van der Waals surface area contributed by atoms with Crippen molar-refractivity contribution in [2.75, 3.05) is 0 Å². The lowest BCUT2D eigenvalue weighted by atomic mass is 9.85. The molecule has 0 unspecified atom stereocenters. The molecule has 0 saturated heterocycles. The number of rotatable bonds is 10. The summed E-state index contributed by atoms with van der Waals surface area (Å²) in [6, 6.07) is 4.43. The fourth-order valence-electron chi connectivity index (χ4n) is 4.98. The van der Waals surface area contributed by atoms with Crippen LogP contribution in [0, 0.1) is 21.7 Å². The average Bonchev–Trinajstić information content (AvgIpc) is 2.88. The van der Waals surface area contributed by atoms with Crippen molar-refractivity contribution in [3.05, 3.63) is 78.0 Å². The van der Waals surface area contributed by atoms with E-state index in [-0.39, 0.29) is 33.2 Å². The van der Waals surface area contributed by atoms with Gasteiger partial charge in [0.25, 0.3) is 0 Å². The topological polar surface area (TPSA) is 37.3 Å². The van der Waals surface area contributed by atoms with Crippen LogP contribution in [0.15, 0.2) is 62.6 Å². The number of carbonyl (C=O) groups is 1. The molecule has 0 bridgehead atoms. The van der Waals surface area contributed by atoms with E-state index in [0.29, 0.717) is 11.1 Å². The Morgan fingerprint density at radius 2 is 1.07 bits per heavy atom. The van der Waals surface area contributed by atoms with E-state index in [4.69, 9.17) is 0 Å². The minimum atomic E-state index is -0.0671. The van der Waals surface area contributed by atoms with E-state index in [9.17, 15) is 9.90 Å². The van der Waals surface area contributed by atoms with Gasteiger partial charge in [0.15, 0.2) is 0 Å². The summed E-state index contributed by atoms with van der Waals surface area (Å²) < 4.78 is 0. The van der Waals surface area contributed by atoms with Crippen molar-refractivity contribution in [2.45, 2.75) is 134 Å². The molecule has 3 rings (SSSR count). The largest absolute Gasteiger partial charge is 0.506 e. The fourth-order valence-corrected chi connectivity index (χ4v) is 7.25. The highest BCUT2D eigenvalue weighted by atomic mass is 32.2. The molecule has 1 aliphatic carbocycles. The Bertz CT molecular complexity index is 1300. The van der Waals surface area contributed by atoms with Crippen LogP contribution in [0.4, 0.5) is 0 Å². The van der Waals surface area contributed by atoms with Crippen molar-refractivity contribution in [1.29, 1.82) is 0 Å². The number of aliphatic hydroxyl groups excluding tert-OH is 1. The summed E-state index contributed by atoms with van der Waals surface area (Å²) in [6.07, 6.45) is 16.8. The van der Waals surface area contributed by atoms with Crippen LogP contribution in [0.25, 0.3) is 6.08 Å². The van der Waals surface area contributed by atoms with Crippen molar-refractivity contribution in [2.24, 2.45) is 21.7 Å². The van der Waals surface area contributed by atoms with Gasteiger partial charge in [-0.1, -0.05) is 94.8 Å². The second kappa shape index (κ2) is 14.2. The summed E-state index contributed by atoms with van der Waals surface area (Å²) in [7, 11) is 0. The van der Waals surface area contributed by atoms with E-state index in [1.54, 1.807) is 0 Å². The van der Waals surface area contributed by atoms with Crippen LogP contribution in [-0.4, -0.2) is 10.9 Å². The Morgan fingerprint density at radius 1 is 0.659 bits per heavy atom. The van der Waals surface area contributed by atoms with E-state index in [2.05, 4.69) is 107 Å². The van der Waals surface area contributed by atoms with E-state index >= 15 is 0 Å². The molecule has 0 aromatic carbocycles. The van der Waals surface area contributed by atoms with Gasteiger partial charge in [-0.15, -0.1) is 0 Å². The highest BCUT2D eigenvalue weighted by Gasteiger charge is 2.33. The Morgan fingerprint density at radius 3 is 1.45 bits per heavy atom. The number of allylic oxidation sites excluding steroid dienone is 8. The minimum Gasteiger partial charge on any atom is -0.506 e. The van der Waals surface area contributed by atoms with Gasteiger partial charge in [-0.25, -0.2) is 0 Å². The third kappa shape index (κ3) is 12.5. The van der Waals surface area contributed by atoms with E-state index < -0.39 is 0 Å². The van der Waals surface area contributed by atoms with Crippen LogP contribution >= 0.6 is 23.1 Å². The predicted molar refractivity (Wildman–Crippen MR) is 196 cm³/mol. The molecule has 0 fully saturated rings. The Labute approximate surface area is 277 Å². The first-order valence-electron chi connectivity index (χ1n) is 16.5. The molecule has 1 aliphatic heterocycles. The number of aryl methyl sites for hydroxylation is 2. The number of aliphatic hydroxyl groups is 1. The second-order valence-electron chi connectivity index (χ2n) is 17.7. The molecule has 0 radical (unpaired) electrons. The van der Waals surface area contributed by atoms with Gasteiger partial charge in [0.2, 0.25) is 26.9 Å². The van der Waals surface area contributed by atoms with E-state index in [1.807, 2.05) is 35.3 Å². The van der Waals surface area contributed by atoms with Crippen LogP contribution < -0.4 is 0 Å². The maximum atomic E-state index is 13.4. The SMILES string of the molecule is CC(C)(C)CCC1=CC(=CC2=C(O)/C(=C/c3cc(CCC(C)(C)C)[s+]c(CCC(C)(C)C)c3)C2=O)C=C(CCC(C)(C)C)S1. The summed E-state index contributed by atoms with van der Waals surface area (Å²) >= 11 is 3.79. The Hall–Kier alpha value is -1.91. The third-order valence-electron chi connectivity index (χ3n) is 7.94. The van der Waals surface area contributed by atoms with E-state index in [1.165, 1.54) is 19.6 Å². The maximum absolute atomic E-state index is 13.4. The molecular weight excluding hydrogens is 577 g/mol. The molecule has 2 nitrogen and oxygen atoms in total. The van der Waals surface area contributed by atoms with Crippen LogP contribution in [0.2, 0.25) is 0 Å². The predicted octanol–water partition coefficient (Wildman–Crippen LogP) is 12.9. The molecule has 0 atom stereocenters. The van der Waals surface area contributed by atoms with Gasteiger partial charge in [0.05, 0.1) is 11.1 Å². The standard InChI is InChI=1S/C40H58O2S2/c1-37(2,3)17-13-29-21-27(22-30(43-29)14-18-38(4,5)6)25-33-35(41)34(36(33)42)26-28-23-31(15-19-39(7,8)9)44-32(24-28)16-20-40(10,11)12/h21-26H,13-20H2,1-12H3/p+1. The van der Waals surface area contributed by atoms with Crippen LogP contribution in [-0.2, 0) is 17.6 Å². The van der Waals surface area contributed by atoms with Gasteiger partial charge in [0.1, 0.15) is 5.76 Å². The lowest BCUT2D eigenvalue weighted by Crippen LogP contribution is -2.21. The van der Waals surface area contributed by atoms with Gasteiger partial charge >= 0.3 is 0 Å². The molecule has 242 valence electrons. The zero-order valence-electron chi connectivity index (χ0n) is 29.8. The number of hydrogen-bond acceptors (Lipinski definition) is 3. The maximum Gasteiger partial charge on any atom is 0.218 e. The highest BCUT2D eigenvalue weighted by molar-refractivity contribution is 8.06. The van der Waals surface area contributed by atoms with Crippen LogP contribution in [0.3, 0.4) is 0 Å². The molecule has 0 saturated carbocycles. The van der Waals surface area contributed by atoms with E-state index in [0.717, 1.165) is 62.5 Å². The van der Waals surface area contributed by atoms with Crippen LogP contribution in [0.5, 0.6) is 0 Å². The van der Waals surface area contributed by atoms with Gasteiger partial charge < -0.3 is 5.11 Å². The van der Waals surface area contributed by atoms with Crippen molar-refractivity contribution >= 4 is 35.0 Å². The van der Waals surface area contributed by atoms with Crippen molar-refractivity contribution in [1.82, 2.24) is 0 Å². The van der Waals surface area contributed by atoms with Crippen molar-refractivity contribution in [3.63, 3.8) is 0 Å². The number of thioether (sulfide) groups is 1. The van der Waals surface area contributed by atoms with Gasteiger partial charge in [-0.2, -0.15) is 0 Å². The third-order valence-corrected chi connectivity index (χ3v) is 10.3. The Kier molecular flexibility index (Phi) is 11.8. The van der Waals surface area contributed by atoms with Crippen LogP contribution in [0.1, 0.15) is 137 Å². The normalized spacial score (nSPS) is 17.6. The molecule has 2 heterocycles. The second-order valence-corrected chi connectivity index (χ2v) is 20.2. The zero-order chi connectivity index (χ0) is 33.1. The number of hydrogen-bond donors (Lipinski definition) is 1. The lowest BCUT2D eigenvalue weighted by Gasteiger charge is -2.24. The summed E-state index contributed by atoms with van der Waals surface area (Å²) in [5, 5.41) is 11.1. The number of Topliss-reactive ketones (excluding diaryl/α,β-unsaturated/α-hetero) is 1. The summed E-state index contributed by atoms with van der Waals surface area (Å²) in [4.78, 5) is 18.8. The monoisotopic (exact) mass is 635 g/mol. The highest BCUT2D eigenvalue weighted by Crippen LogP contribution is 2.42. The minimum absolute atomic E-state index is 0.0671. The zero-order valence-corrected chi connectivity index (χ0v) is 31.4. The lowest BCUT2D eigenvalue weighted by molar-refractivity contribution is -0.113. The summed E-state index contributed by atoms with van der Waals surface area (Å²) in [6.45, 7) is 27.4. The fraction of sp³-hybridized carbons (Fsp3) is 0.600. The smallest absolute Gasteiger partial charge is 0.218 e. The molecular formula is C40H59O2S2+. The van der Waals surface area contributed by atoms with Crippen molar-refractivity contribution in [3.8, 4) is 0 Å². The molecule has 0 amide bonds. The molecule has 4 heteroatoms. The molecule has 1 N–H and O–H groups in total. The first-order valence-corrected chi connectivity index (χ1v) is 18.2. The first kappa shape index (κ1) is 36.6. The Balaban J connectivity index is 1.93. The van der Waals surface area contributed by atoms with Gasteiger partial charge in [-0.3, -0.25) is 4.79 Å². The summed E-state index contributed by atoms with van der Waals surface area (Å²) in [5.41, 5.74) is 3.94. The van der Waals surface area contributed by atoms with Gasteiger partial charge in [0, 0.05) is 25.0 Å². The van der Waals surface area contributed by atoms with Gasteiger partial charge in [-0.05, 0) is 105 Å². The molecule has 1 aromatic heterocycles. The molecule has 1 aromatic rings. The number of carbonyl (C=O) groups excluding carboxylic acids is 1. The summed E-state index contributed by atoms with van der Waals surface area (Å²) in [5.74, 6) is 0.0533. The molecule has 0 spiro atoms. The molecule has 2 aliphatic rings.